The smallest absolute Gasteiger partial charge is 0.326 e. The Balaban J connectivity index is 1.42. The van der Waals surface area contributed by atoms with Crippen molar-refractivity contribution in [2.24, 2.45) is 35.1 Å². The fraction of sp³-hybridized carbons (Fsp3) is 0.704. The molecule has 24 nitrogen and oxygen atoms in total. The summed E-state index contributed by atoms with van der Waals surface area (Å²) in [7, 11) is 0. The zero-order chi connectivity index (χ0) is 58.1. The summed E-state index contributed by atoms with van der Waals surface area (Å²) in [5.74, 6) is -8.44. The lowest BCUT2D eigenvalue weighted by Gasteiger charge is -2.35. The minimum atomic E-state index is -1.58. The Morgan fingerprint density at radius 1 is 0.577 bits per heavy atom. The number of likely N-dealkylation sites (tertiary alicyclic amines) is 3. The molecule has 1 aromatic rings. The molecule has 24 heteroatoms. The molecule has 1 aromatic carbocycles. The number of nitrogens with two attached hydrogens (primary N) is 2. The van der Waals surface area contributed by atoms with Crippen LogP contribution in [0, 0.1) is 23.7 Å². The van der Waals surface area contributed by atoms with E-state index in [1.54, 1.807) is 53.7 Å². The van der Waals surface area contributed by atoms with Crippen molar-refractivity contribution in [1.29, 1.82) is 0 Å². The highest BCUT2D eigenvalue weighted by Crippen LogP contribution is 2.28. The molecule has 0 aliphatic carbocycles. The molecule has 9 amide bonds. The first kappa shape index (κ1) is 64.1. The molecule has 13 N–H and O–H groups in total. The number of rotatable bonds is 28. The van der Waals surface area contributed by atoms with Crippen LogP contribution in [0.2, 0.25) is 0 Å². The molecule has 0 aromatic heterocycles. The van der Waals surface area contributed by atoms with Gasteiger partial charge in [0.1, 0.15) is 60.1 Å². The predicted octanol–water partition coefficient (Wildman–Crippen LogP) is -0.636. The number of benzene rings is 1. The highest BCUT2D eigenvalue weighted by molar-refractivity contribution is 5.99. The van der Waals surface area contributed by atoms with Crippen molar-refractivity contribution in [2.75, 3.05) is 32.8 Å². The number of aliphatic carboxylic acids is 1. The van der Waals surface area contributed by atoms with Gasteiger partial charge in [-0.25, -0.2) is 4.79 Å². The van der Waals surface area contributed by atoms with Crippen molar-refractivity contribution in [3.8, 4) is 5.75 Å². The maximum atomic E-state index is 14.5. The van der Waals surface area contributed by atoms with Crippen LogP contribution in [-0.4, -0.2) is 182 Å². The lowest BCUT2D eigenvalue weighted by atomic mass is 10.00. The highest BCUT2D eigenvalue weighted by Gasteiger charge is 2.46. The second-order valence-electron chi connectivity index (χ2n) is 22.4. The van der Waals surface area contributed by atoms with Crippen LogP contribution in [0.5, 0.6) is 5.75 Å². The Morgan fingerprint density at radius 2 is 1.06 bits per heavy atom. The number of aliphatic hydroxyl groups is 1. The van der Waals surface area contributed by atoms with Crippen molar-refractivity contribution in [3.63, 3.8) is 0 Å². The monoisotopic (exact) mass is 1100 g/mol. The van der Waals surface area contributed by atoms with Gasteiger partial charge in [0, 0.05) is 19.6 Å². The average Bonchev–Trinajstić information content (AvgIpc) is 4.23. The quantitative estimate of drug-likeness (QED) is 0.0465. The molecule has 3 fully saturated rings. The fourth-order valence-electron chi connectivity index (χ4n) is 10.2. The largest absolute Gasteiger partial charge is 0.508 e. The summed E-state index contributed by atoms with van der Waals surface area (Å²) in [5.41, 5.74) is 12.6. The third kappa shape index (κ3) is 17.6. The SMILES string of the molecule is CC(C)C[C@H](NC(=O)[C@@H](N)Cc1ccc(O)cc1)C(=O)N1CCC[C@H]1C(=O)N1CCC[C@H]1C(=O)N[C@H](C(=O)N1CCC[C@H]1C(=O)N[C@H](C(=O)N[C@@H](CO)C(=O)N[C@@H](CCCCN)C(=O)N[C@H](C(=O)O)C(C)C)C(C)C)C(C)C. The Bertz CT molecular complexity index is 2260. The summed E-state index contributed by atoms with van der Waals surface area (Å²) < 4.78 is 0. The van der Waals surface area contributed by atoms with Gasteiger partial charge in [0.2, 0.25) is 53.2 Å². The molecule has 0 saturated carbocycles. The molecule has 0 bridgehead atoms. The number of unbranched alkanes of at least 4 members (excludes halogenated alkanes) is 1. The summed E-state index contributed by atoms with van der Waals surface area (Å²) in [6.45, 7) is 13.9. The minimum Gasteiger partial charge on any atom is -0.508 e. The van der Waals surface area contributed by atoms with Crippen molar-refractivity contribution in [3.05, 3.63) is 29.8 Å². The second-order valence-corrected chi connectivity index (χ2v) is 22.4. The molecule has 3 aliphatic rings. The molecule has 0 spiro atoms. The summed E-state index contributed by atoms with van der Waals surface area (Å²) in [6, 6.07) is -5.03. The number of aromatic hydroxyl groups is 1. The van der Waals surface area contributed by atoms with E-state index in [2.05, 4.69) is 31.9 Å². The number of aliphatic hydroxyl groups excluding tert-OH is 1. The molecule has 3 aliphatic heterocycles. The van der Waals surface area contributed by atoms with Crippen molar-refractivity contribution in [2.45, 2.75) is 186 Å². The first-order chi connectivity index (χ1) is 36.8. The number of carbonyl (C=O) groups excluding carboxylic acids is 9. The average molecular weight is 1100 g/mol. The maximum absolute atomic E-state index is 14.5. The lowest BCUT2D eigenvalue weighted by Crippen LogP contribution is -2.61. The molecule has 436 valence electrons. The molecular formula is C54H87N11O13. The van der Waals surface area contributed by atoms with Crippen molar-refractivity contribution < 1.29 is 63.3 Å². The van der Waals surface area contributed by atoms with Crippen LogP contribution in [-0.2, 0) is 54.4 Å². The Labute approximate surface area is 457 Å². The van der Waals surface area contributed by atoms with E-state index < -0.39 is 144 Å². The highest BCUT2D eigenvalue weighted by atomic mass is 16.4. The van der Waals surface area contributed by atoms with Gasteiger partial charge in [-0.15, -0.1) is 0 Å². The standard InChI is InChI=1S/C54H87N11O13/c1-29(2)26-37(58-45(68)35(56)27-33-18-20-34(67)21-19-33)51(74)65-25-13-17-41(65)52(75)63-23-11-15-39(63)49(72)61-43(31(5)6)53(76)64-24-12-16-40(64)48(71)60-42(30(3)4)50(73)59-38(28-66)47(70)57-36(14-9-10-22-55)46(69)62-44(32(7)8)54(77)78/h18-21,29-32,35-44,66-67H,9-17,22-28,55-56H2,1-8H3,(H,57,70)(H,58,68)(H,59,73)(H,60,71)(H,61,72)(H,62,69)(H,77,78)/t35-,36-,37-,38-,39-,40-,41-,42-,43-,44-/m0/s1. The van der Waals surface area contributed by atoms with Gasteiger partial charge in [0.15, 0.2) is 0 Å². The van der Waals surface area contributed by atoms with E-state index in [0.29, 0.717) is 51.5 Å². The van der Waals surface area contributed by atoms with E-state index >= 15 is 0 Å². The zero-order valence-electron chi connectivity index (χ0n) is 46.6. The third-order valence-electron chi connectivity index (χ3n) is 14.7. The van der Waals surface area contributed by atoms with E-state index in [1.165, 1.54) is 26.8 Å². The number of phenolic OH excluding ortho intramolecular Hbond substituents is 1. The summed E-state index contributed by atoms with van der Waals surface area (Å²) in [6.07, 6.45) is 3.72. The number of amides is 9. The van der Waals surface area contributed by atoms with Gasteiger partial charge in [0.25, 0.3) is 0 Å². The minimum absolute atomic E-state index is 0.0111. The molecule has 78 heavy (non-hydrogen) atoms. The van der Waals surface area contributed by atoms with Crippen molar-refractivity contribution >= 4 is 59.1 Å². The van der Waals surface area contributed by atoms with Gasteiger partial charge in [-0.05, 0) is 119 Å². The number of carboxylic acids is 1. The van der Waals surface area contributed by atoms with E-state index in [0.717, 1.165) is 5.56 Å². The van der Waals surface area contributed by atoms with Gasteiger partial charge in [-0.2, -0.15) is 0 Å². The molecule has 0 unspecified atom stereocenters. The number of hydrogen-bond donors (Lipinski definition) is 11. The zero-order valence-corrected chi connectivity index (χ0v) is 46.6. The topological polar surface area (TPSA) is 365 Å². The van der Waals surface area contributed by atoms with E-state index in [4.69, 9.17) is 11.5 Å². The number of nitrogens with one attached hydrogen (secondary N) is 6. The number of carboxylic acid groups (broad SMARTS) is 1. The number of carbonyl (C=O) groups is 10. The van der Waals surface area contributed by atoms with Crippen LogP contribution >= 0.6 is 0 Å². The van der Waals surface area contributed by atoms with E-state index in [1.807, 2.05) is 13.8 Å². The molecule has 0 radical (unpaired) electrons. The van der Waals surface area contributed by atoms with E-state index in [-0.39, 0.29) is 57.0 Å². The number of phenols is 1. The van der Waals surface area contributed by atoms with Crippen LogP contribution in [0.25, 0.3) is 0 Å². The summed E-state index contributed by atoms with van der Waals surface area (Å²) >= 11 is 0. The summed E-state index contributed by atoms with van der Waals surface area (Å²) in [4.78, 5) is 142. The van der Waals surface area contributed by atoms with Gasteiger partial charge in [-0.3, -0.25) is 43.2 Å². The van der Waals surface area contributed by atoms with Crippen LogP contribution < -0.4 is 43.4 Å². The van der Waals surface area contributed by atoms with Gasteiger partial charge in [0.05, 0.1) is 12.6 Å². The van der Waals surface area contributed by atoms with Crippen LogP contribution in [0.3, 0.4) is 0 Å². The number of nitrogens with zero attached hydrogens (tertiary/aromatic N) is 3. The van der Waals surface area contributed by atoms with Crippen LogP contribution in [0.4, 0.5) is 0 Å². The predicted molar refractivity (Wildman–Crippen MR) is 287 cm³/mol. The number of hydrogen-bond acceptors (Lipinski definition) is 14. The van der Waals surface area contributed by atoms with Crippen LogP contribution in [0.1, 0.15) is 125 Å². The lowest BCUT2D eigenvalue weighted by molar-refractivity contribution is -0.149. The molecule has 10 atom stereocenters. The Kier molecular flexibility index (Phi) is 24.7. The van der Waals surface area contributed by atoms with Gasteiger partial charge in [-0.1, -0.05) is 67.5 Å². The first-order valence-corrected chi connectivity index (χ1v) is 27.6. The van der Waals surface area contributed by atoms with Crippen molar-refractivity contribution in [1.82, 2.24) is 46.6 Å². The normalized spacial score (nSPS) is 20.1. The first-order valence-electron chi connectivity index (χ1n) is 27.6. The van der Waals surface area contributed by atoms with Gasteiger partial charge >= 0.3 is 5.97 Å². The Hall–Kier alpha value is -6.40. The second kappa shape index (κ2) is 30.1. The Morgan fingerprint density at radius 3 is 1.59 bits per heavy atom. The van der Waals surface area contributed by atoms with Crippen LogP contribution in [0.15, 0.2) is 24.3 Å². The van der Waals surface area contributed by atoms with Gasteiger partial charge < -0.3 is 73.4 Å². The molecular weight excluding hydrogens is 1010 g/mol. The molecule has 3 saturated heterocycles. The third-order valence-corrected chi connectivity index (χ3v) is 14.7. The molecule has 4 rings (SSSR count). The molecule has 3 heterocycles. The fourth-order valence-corrected chi connectivity index (χ4v) is 10.2. The van der Waals surface area contributed by atoms with E-state index in [9.17, 15) is 63.3 Å². The summed E-state index contributed by atoms with van der Waals surface area (Å²) in [5, 5.41) is 45.4. The maximum Gasteiger partial charge on any atom is 0.326 e.